The van der Waals surface area contributed by atoms with Gasteiger partial charge in [-0.1, -0.05) is 0 Å². The zero-order chi connectivity index (χ0) is 8.97. The molecule has 0 aromatic rings. The number of amides is 1. The monoisotopic (exact) mass is 170 g/mol. The molecule has 1 fully saturated rings. The van der Waals surface area contributed by atoms with E-state index in [0.717, 1.165) is 19.3 Å². The molecule has 1 amide bonds. The molecule has 0 aliphatic heterocycles. The van der Waals surface area contributed by atoms with Gasteiger partial charge in [-0.15, -0.1) is 0 Å². The van der Waals surface area contributed by atoms with E-state index in [2.05, 4.69) is 5.23 Å². The second kappa shape index (κ2) is 4.47. The molecule has 2 unspecified atom stereocenters. The third-order valence-corrected chi connectivity index (χ3v) is 2.35. The third kappa shape index (κ3) is 2.50. The summed E-state index contributed by atoms with van der Waals surface area (Å²) < 4.78 is 4.87. The van der Waals surface area contributed by atoms with E-state index >= 15 is 0 Å². The second-order valence-corrected chi connectivity index (χ2v) is 3.25. The molecule has 68 valence electrons. The average molecular weight is 170 g/mol. The first kappa shape index (κ1) is 9.54. The maximum absolute atomic E-state index is 10.8. The van der Waals surface area contributed by atoms with E-state index in [0.29, 0.717) is 13.7 Å². The maximum atomic E-state index is 10.8. The number of nitrogens with one attached hydrogen (secondary N) is 1. The summed E-state index contributed by atoms with van der Waals surface area (Å²) in [6.07, 6.45) is 2.80. The molecule has 0 saturated heterocycles. The molecule has 12 heavy (non-hydrogen) atoms. The summed E-state index contributed by atoms with van der Waals surface area (Å²) in [7, 11) is 2.20. The molecule has 1 rings (SSSR count). The predicted octanol–water partition coefficient (Wildman–Crippen LogP) is -0.857. The van der Waals surface area contributed by atoms with Crippen LogP contribution < -0.4 is 11.0 Å². The molecule has 0 aromatic carbocycles. The van der Waals surface area contributed by atoms with Crippen molar-refractivity contribution in [1.82, 2.24) is 5.23 Å². The normalized spacial score (nSPS) is 28.8. The van der Waals surface area contributed by atoms with Crippen molar-refractivity contribution in [2.75, 3.05) is 7.11 Å². The SMILES string of the molecule is COBNC1CCC(C(N)=O)C1. The van der Waals surface area contributed by atoms with Crippen molar-refractivity contribution in [2.45, 2.75) is 25.3 Å². The van der Waals surface area contributed by atoms with Gasteiger partial charge in [0.25, 0.3) is 0 Å². The fourth-order valence-corrected chi connectivity index (χ4v) is 1.63. The number of rotatable bonds is 4. The molecule has 0 radical (unpaired) electrons. The number of carbonyl (C=O) groups is 1. The zero-order valence-corrected chi connectivity index (χ0v) is 7.38. The number of hydrogen-bond acceptors (Lipinski definition) is 3. The van der Waals surface area contributed by atoms with E-state index in [1.54, 1.807) is 7.11 Å². The summed E-state index contributed by atoms with van der Waals surface area (Å²) in [6, 6.07) is 0.405. The summed E-state index contributed by atoms with van der Waals surface area (Å²) in [6.45, 7) is 0. The number of primary amides is 1. The van der Waals surface area contributed by atoms with Crippen LogP contribution in [0.3, 0.4) is 0 Å². The van der Waals surface area contributed by atoms with E-state index in [-0.39, 0.29) is 11.8 Å². The van der Waals surface area contributed by atoms with Crippen molar-refractivity contribution in [2.24, 2.45) is 11.7 Å². The standard InChI is InChI=1S/C7H15BN2O2/c1-12-8-10-6-3-2-5(4-6)7(9)11/h5-6,8,10H,2-4H2,1H3,(H2,9,11). The van der Waals surface area contributed by atoms with Crippen LogP contribution in [0, 0.1) is 5.92 Å². The Morgan fingerprint density at radius 1 is 1.67 bits per heavy atom. The molecule has 5 heteroatoms. The zero-order valence-electron chi connectivity index (χ0n) is 7.38. The average Bonchev–Trinajstić information content (AvgIpc) is 2.48. The highest BCUT2D eigenvalue weighted by Crippen LogP contribution is 2.24. The van der Waals surface area contributed by atoms with E-state index in [9.17, 15) is 4.79 Å². The fraction of sp³-hybridized carbons (Fsp3) is 0.857. The number of hydrogen-bond donors (Lipinski definition) is 2. The van der Waals surface area contributed by atoms with Gasteiger partial charge in [0.15, 0.2) is 0 Å². The number of carbonyl (C=O) groups excluding carboxylic acids is 1. The van der Waals surface area contributed by atoms with Gasteiger partial charge in [-0.2, -0.15) is 0 Å². The molecular formula is C7H15BN2O2. The molecule has 2 atom stereocenters. The minimum Gasteiger partial charge on any atom is -0.427 e. The van der Waals surface area contributed by atoms with Gasteiger partial charge in [-0.05, 0) is 25.3 Å². The first-order valence-corrected chi connectivity index (χ1v) is 4.25. The van der Waals surface area contributed by atoms with Crippen LogP contribution in [0.2, 0.25) is 0 Å². The van der Waals surface area contributed by atoms with Crippen molar-refractivity contribution in [3.63, 3.8) is 0 Å². The van der Waals surface area contributed by atoms with Gasteiger partial charge in [0.1, 0.15) is 0 Å². The number of nitrogens with two attached hydrogens (primary N) is 1. The van der Waals surface area contributed by atoms with Gasteiger partial charge >= 0.3 is 7.62 Å². The Hall–Kier alpha value is -0.545. The van der Waals surface area contributed by atoms with Crippen LogP contribution in [0.15, 0.2) is 0 Å². The molecular weight excluding hydrogens is 155 g/mol. The van der Waals surface area contributed by atoms with Crippen LogP contribution in [-0.4, -0.2) is 26.7 Å². The predicted molar refractivity (Wildman–Crippen MR) is 47.6 cm³/mol. The lowest BCUT2D eigenvalue weighted by Gasteiger charge is -2.09. The Kier molecular flexibility index (Phi) is 3.56. The van der Waals surface area contributed by atoms with E-state index in [1.165, 1.54) is 0 Å². The summed E-state index contributed by atoms with van der Waals surface area (Å²) in [5.74, 6) is -0.101. The van der Waals surface area contributed by atoms with Crippen molar-refractivity contribution in [3.05, 3.63) is 0 Å². The molecule has 0 spiro atoms. The van der Waals surface area contributed by atoms with Crippen LogP contribution in [0.1, 0.15) is 19.3 Å². The quantitative estimate of drug-likeness (QED) is 0.539. The van der Waals surface area contributed by atoms with Crippen molar-refractivity contribution < 1.29 is 9.45 Å². The maximum Gasteiger partial charge on any atom is 0.360 e. The minimum atomic E-state index is -0.170. The van der Waals surface area contributed by atoms with Crippen molar-refractivity contribution in [3.8, 4) is 0 Å². The molecule has 0 heterocycles. The first-order valence-electron chi connectivity index (χ1n) is 4.25. The van der Waals surface area contributed by atoms with Crippen LogP contribution in [-0.2, 0) is 9.45 Å². The lowest BCUT2D eigenvalue weighted by atomic mass is 10.1. The highest BCUT2D eigenvalue weighted by Gasteiger charge is 2.27. The second-order valence-electron chi connectivity index (χ2n) is 3.25. The summed E-state index contributed by atoms with van der Waals surface area (Å²) in [5, 5.41) is 3.19. The summed E-state index contributed by atoms with van der Waals surface area (Å²) in [5.41, 5.74) is 5.19. The Morgan fingerprint density at radius 2 is 2.42 bits per heavy atom. The summed E-state index contributed by atoms with van der Waals surface area (Å²) >= 11 is 0. The lowest BCUT2D eigenvalue weighted by molar-refractivity contribution is -0.121. The topological polar surface area (TPSA) is 64.3 Å². The van der Waals surface area contributed by atoms with Crippen molar-refractivity contribution in [1.29, 1.82) is 0 Å². The molecule has 4 nitrogen and oxygen atoms in total. The van der Waals surface area contributed by atoms with Crippen LogP contribution in [0.5, 0.6) is 0 Å². The molecule has 0 bridgehead atoms. The first-order chi connectivity index (χ1) is 5.74. The lowest BCUT2D eigenvalue weighted by Crippen LogP contribution is -2.32. The molecule has 3 N–H and O–H groups in total. The van der Waals surface area contributed by atoms with Gasteiger partial charge < -0.3 is 15.6 Å². The van der Waals surface area contributed by atoms with Crippen LogP contribution >= 0.6 is 0 Å². The minimum absolute atomic E-state index is 0.0688. The van der Waals surface area contributed by atoms with Crippen molar-refractivity contribution >= 4 is 13.5 Å². The van der Waals surface area contributed by atoms with Crippen LogP contribution in [0.4, 0.5) is 0 Å². The highest BCUT2D eigenvalue weighted by molar-refractivity contribution is 6.23. The van der Waals surface area contributed by atoms with E-state index in [1.807, 2.05) is 0 Å². The Labute approximate surface area is 73.1 Å². The smallest absolute Gasteiger partial charge is 0.360 e. The molecule has 1 aliphatic rings. The Balaban J connectivity index is 2.21. The largest absolute Gasteiger partial charge is 0.427 e. The molecule has 1 aliphatic carbocycles. The Bertz CT molecular complexity index is 165. The van der Waals surface area contributed by atoms with Gasteiger partial charge in [0.2, 0.25) is 5.91 Å². The van der Waals surface area contributed by atoms with E-state index < -0.39 is 0 Å². The van der Waals surface area contributed by atoms with Gasteiger partial charge in [-0.3, -0.25) is 4.79 Å². The Morgan fingerprint density at radius 3 is 2.92 bits per heavy atom. The van der Waals surface area contributed by atoms with Gasteiger partial charge in [0.05, 0.1) is 0 Å². The van der Waals surface area contributed by atoms with E-state index in [4.69, 9.17) is 10.4 Å². The van der Waals surface area contributed by atoms with Gasteiger partial charge in [-0.25, -0.2) is 0 Å². The molecule has 0 aromatic heterocycles. The molecule has 1 saturated carbocycles. The third-order valence-electron chi connectivity index (χ3n) is 2.35. The highest BCUT2D eigenvalue weighted by atomic mass is 16.4. The van der Waals surface area contributed by atoms with Gasteiger partial charge in [0, 0.05) is 13.0 Å². The summed E-state index contributed by atoms with van der Waals surface area (Å²) in [4.78, 5) is 10.8. The fourth-order valence-electron chi connectivity index (χ4n) is 1.63. The van der Waals surface area contributed by atoms with Crippen LogP contribution in [0.25, 0.3) is 0 Å².